The quantitative estimate of drug-likeness (QED) is 0.455. The fourth-order valence-corrected chi connectivity index (χ4v) is 2.69. The highest BCUT2D eigenvalue weighted by Gasteiger charge is 2.08. The van der Waals surface area contributed by atoms with Crippen LogP contribution in [0.1, 0.15) is 11.1 Å². The summed E-state index contributed by atoms with van der Waals surface area (Å²) in [5.74, 6) is 0. The van der Waals surface area contributed by atoms with Crippen LogP contribution in [0.25, 0.3) is 0 Å². The maximum Gasteiger partial charge on any atom is 0.188 e. The normalized spacial score (nSPS) is 11.1. The van der Waals surface area contributed by atoms with E-state index in [4.69, 9.17) is 4.99 Å². The Kier molecular flexibility index (Phi) is 5.59. The Labute approximate surface area is 147 Å². The van der Waals surface area contributed by atoms with Crippen LogP contribution in [0, 0.1) is 0 Å². The van der Waals surface area contributed by atoms with Crippen LogP contribution >= 0.6 is 11.8 Å². The summed E-state index contributed by atoms with van der Waals surface area (Å²) in [7, 11) is 0. The summed E-state index contributed by atoms with van der Waals surface area (Å²) in [4.78, 5) is 9.52. The molecule has 3 rings (SSSR count). The first-order chi connectivity index (χ1) is 11.9. The van der Waals surface area contributed by atoms with E-state index in [2.05, 4.69) is 29.3 Å². The SMILES string of the molecule is CSC(=Nc1ccccc1)N=C(c1ccccc1)c1ccccc1. The predicted molar refractivity (Wildman–Crippen MR) is 106 cm³/mol. The highest BCUT2D eigenvalue weighted by Crippen LogP contribution is 2.17. The average molecular weight is 330 g/mol. The van der Waals surface area contributed by atoms with Crippen molar-refractivity contribution in [2.75, 3.05) is 6.26 Å². The molecule has 0 aliphatic carbocycles. The minimum Gasteiger partial charge on any atom is -0.223 e. The highest BCUT2D eigenvalue weighted by atomic mass is 32.2. The van der Waals surface area contributed by atoms with Crippen molar-refractivity contribution in [1.82, 2.24) is 0 Å². The van der Waals surface area contributed by atoms with Gasteiger partial charge in [0.25, 0.3) is 0 Å². The molecule has 24 heavy (non-hydrogen) atoms. The van der Waals surface area contributed by atoms with Crippen LogP contribution in [0.15, 0.2) is 101 Å². The Balaban J connectivity index is 2.07. The van der Waals surface area contributed by atoms with Crippen LogP contribution in [0.4, 0.5) is 5.69 Å². The summed E-state index contributed by atoms with van der Waals surface area (Å²) in [6.07, 6.45) is 2.00. The first kappa shape index (κ1) is 16.2. The van der Waals surface area contributed by atoms with Crippen molar-refractivity contribution < 1.29 is 0 Å². The fraction of sp³-hybridized carbons (Fsp3) is 0.0476. The molecule has 0 bridgehead atoms. The standard InChI is InChI=1S/C21H18N2S/c1-24-21(22-19-15-9-4-10-16-19)23-20(17-11-5-2-6-12-17)18-13-7-3-8-14-18/h2-16H,1H3. The summed E-state index contributed by atoms with van der Waals surface area (Å²) in [6.45, 7) is 0. The van der Waals surface area contributed by atoms with Crippen molar-refractivity contribution in [3.05, 3.63) is 102 Å². The molecule has 0 aliphatic heterocycles. The summed E-state index contributed by atoms with van der Waals surface area (Å²) < 4.78 is 0. The molecule has 0 saturated carbocycles. The number of hydrogen-bond donors (Lipinski definition) is 0. The van der Waals surface area contributed by atoms with E-state index in [1.54, 1.807) is 11.8 Å². The third kappa shape index (κ3) is 4.21. The Morgan fingerprint density at radius 1 is 0.667 bits per heavy atom. The van der Waals surface area contributed by atoms with Crippen LogP contribution in [0.2, 0.25) is 0 Å². The van der Waals surface area contributed by atoms with Gasteiger partial charge in [0.15, 0.2) is 5.17 Å². The van der Waals surface area contributed by atoms with Crippen molar-refractivity contribution in [3.63, 3.8) is 0 Å². The van der Waals surface area contributed by atoms with E-state index in [1.165, 1.54) is 0 Å². The van der Waals surface area contributed by atoms with Gasteiger partial charge in [-0.25, -0.2) is 9.98 Å². The van der Waals surface area contributed by atoms with E-state index in [0.29, 0.717) is 0 Å². The van der Waals surface area contributed by atoms with Gasteiger partial charge in [-0.15, -0.1) is 0 Å². The zero-order valence-electron chi connectivity index (χ0n) is 13.5. The molecular weight excluding hydrogens is 312 g/mol. The van der Waals surface area contributed by atoms with Crippen molar-refractivity contribution in [2.24, 2.45) is 9.98 Å². The maximum atomic E-state index is 4.86. The van der Waals surface area contributed by atoms with Gasteiger partial charge in [0.1, 0.15) is 0 Å². The Morgan fingerprint density at radius 2 is 1.12 bits per heavy atom. The van der Waals surface area contributed by atoms with Gasteiger partial charge < -0.3 is 0 Å². The van der Waals surface area contributed by atoms with Gasteiger partial charge in [0.2, 0.25) is 0 Å². The lowest BCUT2D eigenvalue weighted by Gasteiger charge is -2.08. The van der Waals surface area contributed by atoms with Gasteiger partial charge in [0, 0.05) is 11.1 Å². The third-order valence-corrected chi connectivity index (χ3v) is 4.01. The second-order valence-electron chi connectivity index (χ2n) is 5.13. The lowest BCUT2D eigenvalue weighted by Crippen LogP contribution is -2.05. The van der Waals surface area contributed by atoms with Gasteiger partial charge in [-0.05, 0) is 18.4 Å². The molecule has 0 heterocycles. The van der Waals surface area contributed by atoms with Crippen molar-refractivity contribution >= 4 is 28.3 Å². The molecule has 0 atom stereocenters. The van der Waals surface area contributed by atoms with E-state index >= 15 is 0 Å². The van der Waals surface area contributed by atoms with E-state index in [9.17, 15) is 0 Å². The molecule has 0 fully saturated rings. The molecule has 3 heteroatoms. The molecule has 0 saturated heterocycles. The van der Waals surface area contributed by atoms with Gasteiger partial charge in [-0.1, -0.05) is 90.6 Å². The number of rotatable bonds is 3. The van der Waals surface area contributed by atoms with Gasteiger partial charge in [-0.2, -0.15) is 0 Å². The Bertz CT molecular complexity index is 784. The number of thioether (sulfide) groups is 1. The zero-order valence-corrected chi connectivity index (χ0v) is 14.3. The van der Waals surface area contributed by atoms with E-state index in [-0.39, 0.29) is 0 Å². The number of para-hydroxylation sites is 1. The molecule has 0 aliphatic rings. The molecule has 0 unspecified atom stereocenters. The Morgan fingerprint density at radius 3 is 1.58 bits per heavy atom. The average Bonchev–Trinajstić information content (AvgIpc) is 2.67. The molecule has 0 N–H and O–H groups in total. The largest absolute Gasteiger partial charge is 0.223 e. The zero-order chi connectivity index (χ0) is 16.6. The van der Waals surface area contributed by atoms with Crippen molar-refractivity contribution in [2.45, 2.75) is 0 Å². The fourth-order valence-electron chi connectivity index (χ4n) is 2.31. The van der Waals surface area contributed by atoms with Crippen LogP contribution in [-0.2, 0) is 0 Å². The van der Waals surface area contributed by atoms with E-state index in [0.717, 1.165) is 27.7 Å². The number of amidine groups is 1. The molecule has 0 spiro atoms. The topological polar surface area (TPSA) is 24.7 Å². The van der Waals surface area contributed by atoms with Gasteiger partial charge in [0.05, 0.1) is 11.4 Å². The summed E-state index contributed by atoms with van der Waals surface area (Å²) in [5, 5.41) is 0.740. The minimum atomic E-state index is 0.740. The molecule has 2 nitrogen and oxygen atoms in total. The second kappa shape index (κ2) is 8.27. The summed E-state index contributed by atoms with van der Waals surface area (Å²) >= 11 is 1.54. The third-order valence-electron chi connectivity index (χ3n) is 3.47. The number of hydrogen-bond acceptors (Lipinski definition) is 2. The first-order valence-electron chi connectivity index (χ1n) is 7.74. The van der Waals surface area contributed by atoms with Crippen molar-refractivity contribution in [3.8, 4) is 0 Å². The Hall–Kier alpha value is -2.65. The molecule has 0 radical (unpaired) electrons. The maximum absolute atomic E-state index is 4.86. The number of aliphatic imine (C=N–C) groups is 2. The lowest BCUT2D eigenvalue weighted by molar-refractivity contribution is 1.49. The summed E-state index contributed by atoms with van der Waals surface area (Å²) in [6, 6.07) is 30.4. The van der Waals surface area contributed by atoms with Crippen LogP contribution in [-0.4, -0.2) is 17.1 Å². The van der Waals surface area contributed by atoms with Crippen molar-refractivity contribution in [1.29, 1.82) is 0 Å². The molecule has 3 aromatic carbocycles. The predicted octanol–water partition coefficient (Wildman–Crippen LogP) is 5.57. The highest BCUT2D eigenvalue weighted by molar-refractivity contribution is 8.13. The van der Waals surface area contributed by atoms with Gasteiger partial charge in [-0.3, -0.25) is 0 Å². The summed E-state index contributed by atoms with van der Waals surface area (Å²) in [5.41, 5.74) is 4.00. The molecule has 118 valence electrons. The van der Waals surface area contributed by atoms with Gasteiger partial charge >= 0.3 is 0 Å². The van der Waals surface area contributed by atoms with E-state index < -0.39 is 0 Å². The smallest absolute Gasteiger partial charge is 0.188 e. The first-order valence-corrected chi connectivity index (χ1v) is 8.96. The number of benzene rings is 3. The second-order valence-corrected chi connectivity index (χ2v) is 5.90. The molecule has 0 aromatic heterocycles. The molecule has 3 aromatic rings. The number of nitrogens with zero attached hydrogens (tertiary/aromatic N) is 2. The van der Waals surface area contributed by atoms with Crippen LogP contribution in [0.5, 0.6) is 0 Å². The van der Waals surface area contributed by atoms with E-state index in [1.807, 2.05) is 73.0 Å². The molecule has 0 amide bonds. The minimum absolute atomic E-state index is 0.740. The lowest BCUT2D eigenvalue weighted by atomic mass is 10.0. The van der Waals surface area contributed by atoms with Crippen LogP contribution in [0.3, 0.4) is 0 Å². The molecular formula is C21H18N2S. The van der Waals surface area contributed by atoms with Crippen LogP contribution < -0.4 is 0 Å². The monoisotopic (exact) mass is 330 g/mol.